The first-order chi connectivity index (χ1) is 23.0. The van der Waals surface area contributed by atoms with Gasteiger partial charge in [-0.3, -0.25) is 9.59 Å². The van der Waals surface area contributed by atoms with Gasteiger partial charge in [-0.15, -0.1) is 0 Å². The molecular formula is C39H46N4O5. The monoisotopic (exact) mass is 650 g/mol. The van der Waals surface area contributed by atoms with Gasteiger partial charge in [0.1, 0.15) is 5.92 Å². The average molecular weight is 651 g/mol. The molecule has 0 radical (unpaired) electrons. The zero-order valence-electron chi connectivity index (χ0n) is 28.9. The fourth-order valence-electron chi connectivity index (χ4n) is 7.67. The third-order valence-corrected chi connectivity index (χ3v) is 10.4. The van der Waals surface area contributed by atoms with E-state index in [2.05, 4.69) is 72.8 Å². The van der Waals surface area contributed by atoms with Crippen LogP contribution in [0.5, 0.6) is 0 Å². The molecule has 0 saturated carbocycles. The minimum absolute atomic E-state index is 0.0346. The number of rotatable bonds is 9. The molecule has 9 heteroatoms. The number of hydrogen-bond acceptors (Lipinski definition) is 6. The average Bonchev–Trinajstić information content (AvgIpc) is 3.80. The van der Waals surface area contributed by atoms with Crippen molar-refractivity contribution in [2.24, 2.45) is 17.8 Å². The zero-order chi connectivity index (χ0) is 34.4. The van der Waals surface area contributed by atoms with Crippen molar-refractivity contribution >= 4 is 41.6 Å². The fraction of sp³-hybridized carbons (Fsp3) is 0.385. The number of carbonyl (C=O) groups excluding carboxylic acids is 2. The summed E-state index contributed by atoms with van der Waals surface area (Å²) in [6.07, 6.45) is 12.7. The number of aliphatic hydroxyl groups excluding tert-OH is 1. The highest BCUT2D eigenvalue weighted by atomic mass is 16.6. The van der Waals surface area contributed by atoms with Crippen LogP contribution in [0, 0.1) is 38.5 Å². The van der Waals surface area contributed by atoms with Crippen LogP contribution in [-0.4, -0.2) is 51.8 Å². The van der Waals surface area contributed by atoms with Crippen LogP contribution in [0.1, 0.15) is 94.6 Å². The second kappa shape index (κ2) is 13.1. The minimum atomic E-state index is -1.11. The van der Waals surface area contributed by atoms with Crippen LogP contribution in [0.25, 0.3) is 29.9 Å². The lowest BCUT2D eigenvalue weighted by Crippen LogP contribution is -2.25. The Balaban J connectivity index is 1.64. The maximum absolute atomic E-state index is 14.2. The molecular weight excluding hydrogens is 604 g/mol. The van der Waals surface area contributed by atoms with Gasteiger partial charge in [-0.1, -0.05) is 38.7 Å². The first-order valence-corrected chi connectivity index (χ1v) is 16.8. The molecule has 3 aromatic heterocycles. The highest BCUT2D eigenvalue weighted by Crippen LogP contribution is 2.48. The van der Waals surface area contributed by atoms with Crippen LogP contribution < -0.4 is 16.0 Å². The smallest absolute Gasteiger partial charge is 0.321 e. The summed E-state index contributed by atoms with van der Waals surface area (Å²) >= 11 is 0. The van der Waals surface area contributed by atoms with Crippen LogP contribution in [0.2, 0.25) is 0 Å². The second-order valence-electron chi connectivity index (χ2n) is 13.0. The molecule has 8 bridgehead atoms. The van der Waals surface area contributed by atoms with E-state index in [0.29, 0.717) is 36.3 Å². The number of H-pyrrole nitrogens is 3. The fourth-order valence-corrected chi connectivity index (χ4v) is 7.67. The summed E-state index contributed by atoms with van der Waals surface area (Å²) in [5.74, 6) is -2.17. The van der Waals surface area contributed by atoms with E-state index in [-0.39, 0.29) is 17.6 Å². The summed E-state index contributed by atoms with van der Waals surface area (Å²) in [4.78, 5) is 38.4. The number of methoxy groups -OCH3 is 1. The van der Waals surface area contributed by atoms with Crippen molar-refractivity contribution in [1.29, 1.82) is 0 Å². The third-order valence-electron chi connectivity index (χ3n) is 10.4. The Kier molecular flexibility index (Phi) is 9.11. The van der Waals surface area contributed by atoms with E-state index in [1.165, 1.54) is 12.7 Å². The van der Waals surface area contributed by atoms with E-state index in [0.717, 1.165) is 67.8 Å². The Morgan fingerprint density at radius 2 is 1.77 bits per heavy atom. The Morgan fingerprint density at radius 3 is 2.46 bits per heavy atom. The van der Waals surface area contributed by atoms with Crippen LogP contribution in [-0.2, 0) is 20.7 Å². The number of fused-ring (bicyclic) bond motifs is 7. The summed E-state index contributed by atoms with van der Waals surface area (Å²) in [6.45, 7) is 16.8. The lowest BCUT2D eigenvalue weighted by molar-refractivity contribution is -0.141. The number of hydrogen-bond donors (Lipinski definition) is 5. The van der Waals surface area contributed by atoms with Crippen LogP contribution in [0.4, 0.5) is 0 Å². The van der Waals surface area contributed by atoms with Gasteiger partial charge in [0.05, 0.1) is 19.4 Å². The van der Waals surface area contributed by atoms with Gasteiger partial charge >= 0.3 is 5.97 Å². The molecule has 0 spiro atoms. The molecule has 9 nitrogen and oxygen atoms in total. The topological polar surface area (TPSA) is 132 Å². The van der Waals surface area contributed by atoms with Crippen LogP contribution in [0.3, 0.4) is 0 Å². The Labute approximate surface area is 281 Å². The van der Waals surface area contributed by atoms with Gasteiger partial charge < -0.3 is 34.8 Å². The minimum Gasteiger partial charge on any atom is -0.468 e. The predicted octanol–water partition coefficient (Wildman–Crippen LogP) is 5.06. The molecule has 0 amide bonds. The largest absolute Gasteiger partial charge is 0.468 e. The molecule has 5 N–H and O–H groups in total. The standard InChI is InChI=1S/C39H46N4O5/c1-9-12-15-48-32(44)14-13-25-21(6)28-16-26-19(4)23(10-2)30(40-26)17-27-20(5)24(11-3)31(41-27)18-29-22(7)33-37(43-29)34(36(25)42-28)35(38(33)45)39(46)47-8/h9-10,12,16-18,21,25,32,35,40-44H,2,11,13-15H2,1,3-8H3/b12-9+,27-17-,28-16-,31-18-,36-34-/t21-,25-,32?,35+/m0/s1. The summed E-state index contributed by atoms with van der Waals surface area (Å²) in [7, 11) is 1.32. The highest BCUT2D eigenvalue weighted by molar-refractivity contribution is 6.24. The first-order valence-electron chi connectivity index (χ1n) is 16.8. The van der Waals surface area contributed by atoms with Crippen molar-refractivity contribution in [2.75, 3.05) is 13.7 Å². The Hall–Kier alpha value is -4.60. The van der Waals surface area contributed by atoms with Gasteiger partial charge in [0, 0.05) is 67.7 Å². The van der Waals surface area contributed by atoms with Crippen LogP contribution >= 0.6 is 0 Å². The number of ketones is 1. The first kappa shape index (κ1) is 33.3. The summed E-state index contributed by atoms with van der Waals surface area (Å²) in [6, 6.07) is 0. The van der Waals surface area contributed by atoms with E-state index in [9.17, 15) is 14.7 Å². The molecule has 2 aliphatic heterocycles. The number of ether oxygens (including phenoxy) is 2. The molecule has 4 atom stereocenters. The number of allylic oxidation sites excluding steroid dienone is 3. The molecule has 1 unspecified atom stereocenters. The van der Waals surface area contributed by atoms with E-state index in [1.54, 1.807) is 0 Å². The maximum Gasteiger partial charge on any atom is 0.321 e. The summed E-state index contributed by atoms with van der Waals surface area (Å²) < 4.78 is 10.9. The summed E-state index contributed by atoms with van der Waals surface area (Å²) in [5, 5.41) is 16.4. The molecule has 5 heterocycles. The van der Waals surface area contributed by atoms with Gasteiger partial charge in [-0.05, 0) is 87.4 Å². The van der Waals surface area contributed by atoms with E-state index in [1.807, 2.05) is 32.1 Å². The normalized spacial score (nSPS) is 24.5. The molecule has 1 aliphatic carbocycles. The van der Waals surface area contributed by atoms with E-state index >= 15 is 0 Å². The van der Waals surface area contributed by atoms with Gasteiger partial charge in [-0.25, -0.2) is 0 Å². The molecule has 0 aromatic carbocycles. The number of Topliss-reactive ketones (excluding diaryl/α,β-unsaturated/α-hetero) is 1. The SMILES string of the molecule is C=Cc1c2[nH]c(c1C)/C=C1\N/C(=C3\c4[nH]c(c(C)c4C(=O)[C@@H]3C(=O)OC)/C=c3\[nH]/c(c(C)c3CC)=C\2)[C@@H](CCC(O)OC/C=C/C)[C@@H]1C. The lowest BCUT2D eigenvalue weighted by atomic mass is 9.85. The molecule has 6 rings (SSSR count). The number of esters is 1. The van der Waals surface area contributed by atoms with Crippen LogP contribution in [0.15, 0.2) is 30.1 Å². The Bertz CT molecular complexity index is 2030. The van der Waals surface area contributed by atoms with Crippen molar-refractivity contribution in [3.8, 4) is 0 Å². The van der Waals surface area contributed by atoms with E-state index < -0.39 is 18.2 Å². The zero-order valence-corrected chi connectivity index (χ0v) is 28.9. The number of nitrogens with one attached hydrogen (secondary N) is 4. The van der Waals surface area contributed by atoms with E-state index in [4.69, 9.17) is 9.47 Å². The maximum atomic E-state index is 14.2. The quantitative estimate of drug-likeness (QED) is 0.0953. The van der Waals surface area contributed by atoms with Gasteiger partial charge in [0.2, 0.25) is 0 Å². The number of aliphatic hydroxyl groups is 1. The molecule has 1 saturated heterocycles. The molecule has 1 fully saturated rings. The predicted molar refractivity (Wildman–Crippen MR) is 189 cm³/mol. The molecule has 252 valence electrons. The number of aromatic amines is 3. The summed E-state index contributed by atoms with van der Waals surface area (Å²) in [5.41, 5.74) is 11.4. The third kappa shape index (κ3) is 5.44. The van der Waals surface area contributed by atoms with Crippen molar-refractivity contribution in [2.45, 2.75) is 67.1 Å². The Morgan fingerprint density at radius 1 is 1.04 bits per heavy atom. The number of carbonyl (C=O) groups is 2. The lowest BCUT2D eigenvalue weighted by Gasteiger charge is -2.21. The van der Waals surface area contributed by atoms with Crippen molar-refractivity contribution in [3.05, 3.63) is 97.0 Å². The highest BCUT2D eigenvalue weighted by Gasteiger charge is 2.48. The van der Waals surface area contributed by atoms with Gasteiger partial charge in [0.25, 0.3) is 0 Å². The molecule has 3 aromatic rings. The van der Waals surface area contributed by atoms with Gasteiger partial charge in [0.15, 0.2) is 12.1 Å². The van der Waals surface area contributed by atoms with Crippen molar-refractivity contribution < 1.29 is 24.2 Å². The van der Waals surface area contributed by atoms with Crippen molar-refractivity contribution in [1.82, 2.24) is 20.3 Å². The van der Waals surface area contributed by atoms with Gasteiger partial charge in [-0.2, -0.15) is 0 Å². The molecule has 48 heavy (non-hydrogen) atoms. The second-order valence-corrected chi connectivity index (χ2v) is 13.0. The molecule has 3 aliphatic rings. The van der Waals surface area contributed by atoms with Crippen molar-refractivity contribution in [3.63, 3.8) is 0 Å². The number of aromatic nitrogens is 3.